The van der Waals surface area contributed by atoms with E-state index in [0.717, 1.165) is 0 Å². The first-order valence-electron chi connectivity index (χ1n) is 12.0. The van der Waals surface area contributed by atoms with Crippen molar-refractivity contribution >= 4 is 45.2 Å². The number of halogens is 1. The van der Waals surface area contributed by atoms with Crippen molar-refractivity contribution in [1.29, 1.82) is 0 Å². The van der Waals surface area contributed by atoms with Crippen LogP contribution >= 0.6 is 11.6 Å². The molecule has 0 atom stereocenters. The monoisotopic (exact) mass is 584 g/mol. The molecule has 3 aromatic rings. The van der Waals surface area contributed by atoms with Crippen LogP contribution in [-0.2, 0) is 16.7 Å². The first-order chi connectivity index (χ1) is 18.8. The van der Waals surface area contributed by atoms with Gasteiger partial charge < -0.3 is 25.3 Å². The number of guanidine groups is 2. The van der Waals surface area contributed by atoms with E-state index in [0.29, 0.717) is 27.6 Å². The summed E-state index contributed by atoms with van der Waals surface area (Å²) in [6, 6.07) is 17.1. The van der Waals surface area contributed by atoms with Crippen molar-refractivity contribution in [3.8, 4) is 11.5 Å². The van der Waals surface area contributed by atoms with Crippen molar-refractivity contribution in [3.63, 3.8) is 0 Å². The summed E-state index contributed by atoms with van der Waals surface area (Å²) in [6.07, 6.45) is 0. The van der Waals surface area contributed by atoms with Gasteiger partial charge in [-0.25, -0.2) is 4.99 Å². The molecule has 0 radical (unpaired) electrons. The van der Waals surface area contributed by atoms with Gasteiger partial charge in [0.05, 0.1) is 5.02 Å². The van der Waals surface area contributed by atoms with E-state index in [4.69, 9.17) is 32.0 Å². The van der Waals surface area contributed by atoms with E-state index in [1.165, 1.54) is 41.3 Å². The van der Waals surface area contributed by atoms with Crippen LogP contribution in [0.1, 0.15) is 29.8 Å². The fourth-order valence-corrected chi connectivity index (χ4v) is 5.16. The average molecular weight is 585 g/mol. The minimum Gasteiger partial charge on any atom is -0.487 e. The zero-order valence-electron chi connectivity index (χ0n) is 22.3. The molecule has 0 bridgehead atoms. The van der Waals surface area contributed by atoms with Gasteiger partial charge in [0.15, 0.2) is 0 Å². The molecule has 4 N–H and O–H groups in total. The zero-order chi connectivity index (χ0) is 29.2. The van der Waals surface area contributed by atoms with Crippen LogP contribution in [0, 0.1) is 0 Å². The Morgan fingerprint density at radius 3 is 2.25 bits per heavy atom. The lowest BCUT2D eigenvalue weighted by Crippen LogP contribution is -2.54. The number of carbonyl (C=O) groups is 1. The van der Waals surface area contributed by atoms with Crippen LogP contribution in [-0.4, -0.2) is 50.9 Å². The predicted octanol–water partition coefficient (Wildman–Crippen LogP) is 3.57. The van der Waals surface area contributed by atoms with Crippen LogP contribution in [0.5, 0.6) is 11.5 Å². The molecule has 11 nitrogen and oxygen atoms in total. The Bertz CT molecular complexity index is 1590. The predicted molar refractivity (Wildman–Crippen MR) is 154 cm³/mol. The Morgan fingerprint density at radius 2 is 1.68 bits per heavy atom. The number of nitrogens with two attached hydrogens (primary N) is 2. The summed E-state index contributed by atoms with van der Waals surface area (Å²) >= 11 is 6.48. The van der Waals surface area contributed by atoms with Gasteiger partial charge in [0, 0.05) is 25.3 Å². The van der Waals surface area contributed by atoms with Crippen molar-refractivity contribution < 1.29 is 22.1 Å². The van der Waals surface area contributed by atoms with Gasteiger partial charge in [0.2, 0.25) is 11.9 Å². The van der Waals surface area contributed by atoms with Crippen LogP contribution in [0.4, 0.5) is 5.69 Å². The maximum absolute atomic E-state index is 12.7. The number of amides is 1. The molecular formula is C27H29ClN6O5S. The Morgan fingerprint density at radius 1 is 1.02 bits per heavy atom. The number of benzene rings is 3. The molecule has 210 valence electrons. The average Bonchev–Trinajstić information content (AvgIpc) is 2.87. The Labute approximate surface area is 237 Å². The second-order valence-corrected chi connectivity index (χ2v) is 11.5. The molecule has 4 rings (SSSR count). The van der Waals surface area contributed by atoms with E-state index < -0.39 is 15.8 Å². The zero-order valence-corrected chi connectivity index (χ0v) is 23.9. The molecule has 3 aromatic carbocycles. The van der Waals surface area contributed by atoms with Crippen LogP contribution < -0.4 is 25.3 Å². The fourth-order valence-electron chi connectivity index (χ4n) is 4.00. The van der Waals surface area contributed by atoms with Gasteiger partial charge in [-0.2, -0.15) is 13.4 Å². The molecule has 0 saturated carbocycles. The minimum absolute atomic E-state index is 0.0289. The largest absolute Gasteiger partial charge is 0.487 e. The van der Waals surface area contributed by atoms with Gasteiger partial charge in [-0.1, -0.05) is 23.7 Å². The number of hydrogen-bond acceptors (Lipinski definition) is 10. The van der Waals surface area contributed by atoms with Crippen molar-refractivity contribution in [1.82, 2.24) is 4.90 Å². The van der Waals surface area contributed by atoms with Gasteiger partial charge in [-0.15, -0.1) is 0 Å². The van der Waals surface area contributed by atoms with Gasteiger partial charge in [-0.05, 0) is 74.0 Å². The van der Waals surface area contributed by atoms with Gasteiger partial charge >= 0.3 is 10.1 Å². The molecule has 13 heteroatoms. The van der Waals surface area contributed by atoms with Gasteiger partial charge in [0.1, 0.15) is 28.7 Å². The second kappa shape index (κ2) is 11.1. The molecular weight excluding hydrogens is 556 g/mol. The molecule has 0 aliphatic carbocycles. The van der Waals surface area contributed by atoms with Crippen molar-refractivity contribution in [2.75, 3.05) is 19.0 Å². The van der Waals surface area contributed by atoms with E-state index >= 15 is 0 Å². The number of nitrogens with zero attached hydrogens (tertiary/aromatic N) is 4. The van der Waals surface area contributed by atoms with E-state index in [2.05, 4.69) is 9.98 Å². The maximum atomic E-state index is 12.7. The molecule has 0 fully saturated rings. The molecule has 1 aliphatic heterocycles. The number of ether oxygens (including phenoxy) is 1. The molecule has 0 saturated heterocycles. The normalized spacial score (nSPS) is 14.7. The second-order valence-electron chi connectivity index (χ2n) is 9.58. The minimum atomic E-state index is -4.09. The Balaban J connectivity index is 1.40. The first kappa shape index (κ1) is 28.7. The third-order valence-corrected chi connectivity index (χ3v) is 7.44. The molecule has 1 aliphatic rings. The number of hydrogen-bond donors (Lipinski definition) is 2. The summed E-state index contributed by atoms with van der Waals surface area (Å²) < 4.78 is 36.5. The lowest BCUT2D eigenvalue weighted by Gasteiger charge is -2.38. The van der Waals surface area contributed by atoms with E-state index in [-0.39, 0.29) is 35.1 Å². The summed E-state index contributed by atoms with van der Waals surface area (Å²) in [4.78, 5) is 23.5. The fraction of sp³-hybridized carbons (Fsp3) is 0.222. The van der Waals surface area contributed by atoms with Crippen LogP contribution in [0.3, 0.4) is 0 Å². The lowest BCUT2D eigenvalue weighted by molar-refractivity contribution is 0.0827. The summed E-state index contributed by atoms with van der Waals surface area (Å²) in [7, 11) is -0.822. The molecule has 1 amide bonds. The summed E-state index contributed by atoms with van der Waals surface area (Å²) in [5, 5.41) is 0.342. The topological polar surface area (TPSA) is 153 Å². The molecule has 0 unspecified atom stereocenters. The molecule has 0 spiro atoms. The van der Waals surface area contributed by atoms with E-state index in [1.54, 1.807) is 49.3 Å². The number of anilines is 1. The molecule has 0 aromatic heterocycles. The highest BCUT2D eigenvalue weighted by atomic mass is 35.5. The SMILES string of the molecule is CN(C)C(=O)c1ccc(OS(=O)(=O)c2ccc(COc3ccc(N4C(N)=NC(N)=NC4(C)C)cc3Cl)cc2)cc1. The maximum Gasteiger partial charge on any atom is 0.339 e. The first-order valence-corrected chi connectivity index (χ1v) is 13.8. The van der Waals surface area contributed by atoms with E-state index in [1.807, 2.05) is 13.8 Å². The highest BCUT2D eigenvalue weighted by molar-refractivity contribution is 7.87. The van der Waals surface area contributed by atoms with E-state index in [9.17, 15) is 13.2 Å². The smallest absolute Gasteiger partial charge is 0.339 e. The number of aliphatic imine (C=N–C) groups is 2. The Hall–Kier alpha value is -4.29. The van der Waals surface area contributed by atoms with Gasteiger partial charge in [0.25, 0.3) is 5.91 Å². The summed E-state index contributed by atoms with van der Waals surface area (Å²) in [6.45, 7) is 3.83. The third-order valence-electron chi connectivity index (χ3n) is 5.89. The number of rotatable bonds is 8. The number of carbonyl (C=O) groups excluding carboxylic acids is 1. The van der Waals surface area contributed by atoms with Crippen molar-refractivity contribution in [2.45, 2.75) is 31.0 Å². The molecule has 40 heavy (non-hydrogen) atoms. The quantitative estimate of drug-likeness (QED) is 0.381. The summed E-state index contributed by atoms with van der Waals surface area (Å²) in [5.41, 5.74) is 12.9. The Kier molecular flexibility index (Phi) is 7.94. The van der Waals surface area contributed by atoms with Gasteiger partial charge in [-0.3, -0.25) is 9.69 Å². The van der Waals surface area contributed by atoms with Crippen molar-refractivity contribution in [3.05, 3.63) is 82.9 Å². The molecule has 1 heterocycles. The highest BCUT2D eigenvalue weighted by Crippen LogP contribution is 2.34. The van der Waals surface area contributed by atoms with Crippen LogP contribution in [0.2, 0.25) is 5.02 Å². The van der Waals surface area contributed by atoms with Crippen LogP contribution in [0.15, 0.2) is 81.6 Å². The van der Waals surface area contributed by atoms with Crippen molar-refractivity contribution in [2.24, 2.45) is 21.5 Å². The lowest BCUT2D eigenvalue weighted by atomic mass is 10.1. The summed E-state index contributed by atoms with van der Waals surface area (Å²) in [5.74, 6) is 0.613. The van der Waals surface area contributed by atoms with Crippen LogP contribution in [0.25, 0.3) is 0 Å². The highest BCUT2D eigenvalue weighted by Gasteiger charge is 2.33. The third kappa shape index (κ3) is 6.29. The standard InChI is InChI=1S/C27H29ClN6O5S/c1-27(2)32-25(29)31-26(30)34(27)19-9-14-23(22(28)15-19)38-16-17-5-12-21(13-6-17)40(36,37)39-20-10-7-18(8-11-20)24(35)33(3)4/h5-15H,16H2,1-4H3,(H4,29,30,31,32).